The molecule has 3 fully saturated rings. The number of rotatable bonds is 8. The van der Waals surface area contributed by atoms with E-state index in [1.807, 2.05) is 27.7 Å². The van der Waals surface area contributed by atoms with Gasteiger partial charge in [0.1, 0.15) is 11.6 Å². The van der Waals surface area contributed by atoms with Crippen LogP contribution >= 0.6 is 0 Å². The molecule has 3 aliphatic rings. The fourth-order valence-electron chi connectivity index (χ4n) is 5.85. The summed E-state index contributed by atoms with van der Waals surface area (Å²) < 4.78 is 6.36. The van der Waals surface area contributed by atoms with Gasteiger partial charge in [-0.25, -0.2) is 0 Å². The number of likely N-dealkylation sites (tertiary alicyclic amines) is 1. The molecule has 8 heteroatoms. The van der Waals surface area contributed by atoms with E-state index >= 15 is 0 Å². The number of aliphatic hydroxyl groups excluding tert-OH is 1. The Kier molecular flexibility index (Phi) is 5.79. The molecular formula is C22H34N2O6. The maximum Gasteiger partial charge on any atom is 0.310 e. The normalized spacial score (nSPS) is 35.8. The van der Waals surface area contributed by atoms with Gasteiger partial charge in [-0.2, -0.15) is 0 Å². The molecule has 3 heterocycles. The minimum absolute atomic E-state index is 0.118. The van der Waals surface area contributed by atoms with Crippen molar-refractivity contribution >= 4 is 17.8 Å². The maximum absolute atomic E-state index is 13.9. The summed E-state index contributed by atoms with van der Waals surface area (Å²) in [5, 5.41) is 20.0. The van der Waals surface area contributed by atoms with Gasteiger partial charge in [0, 0.05) is 12.6 Å². The van der Waals surface area contributed by atoms with E-state index in [-0.39, 0.29) is 24.5 Å². The third-order valence-electron chi connectivity index (χ3n) is 7.26. The number of fused-ring (bicyclic) bond motifs is 1. The molecule has 0 aromatic heterocycles. The number of amides is 2. The average molecular weight is 423 g/mol. The first-order valence-electron chi connectivity index (χ1n) is 10.7. The standard InChI is InChI=1S/C22H34N2O6/c1-7-10-23(13(4)5)19(27)17-22-9-8-21(6,30-22)16(20(28)29)15(22)18(26)24(17)14(11-25)12(2)3/h7,12-17,25H,1,8-11H2,2-6H3,(H,28,29)/t14-,15-,16+,17?,21-,22?/m0/s1. The summed E-state index contributed by atoms with van der Waals surface area (Å²) in [7, 11) is 0. The lowest BCUT2D eigenvalue weighted by Gasteiger charge is -2.41. The number of hydrogen-bond donors (Lipinski definition) is 2. The predicted octanol–water partition coefficient (Wildman–Crippen LogP) is 1.28. The van der Waals surface area contributed by atoms with Gasteiger partial charge in [-0.3, -0.25) is 14.4 Å². The van der Waals surface area contributed by atoms with E-state index in [4.69, 9.17) is 4.74 Å². The molecule has 6 atom stereocenters. The van der Waals surface area contributed by atoms with Crippen molar-refractivity contribution in [3.63, 3.8) is 0 Å². The number of carbonyl (C=O) groups excluding carboxylic acids is 2. The Hall–Kier alpha value is -1.93. The summed E-state index contributed by atoms with van der Waals surface area (Å²) in [5.74, 6) is -3.84. The van der Waals surface area contributed by atoms with Crippen LogP contribution in [0.1, 0.15) is 47.5 Å². The molecular weight excluding hydrogens is 388 g/mol. The second-order valence-electron chi connectivity index (χ2n) is 9.68. The summed E-state index contributed by atoms with van der Waals surface area (Å²) in [6.45, 7) is 13.0. The van der Waals surface area contributed by atoms with Crippen molar-refractivity contribution in [3.05, 3.63) is 12.7 Å². The minimum Gasteiger partial charge on any atom is -0.481 e. The predicted molar refractivity (Wildman–Crippen MR) is 109 cm³/mol. The zero-order valence-corrected chi connectivity index (χ0v) is 18.5. The molecule has 30 heavy (non-hydrogen) atoms. The third kappa shape index (κ3) is 2.99. The Morgan fingerprint density at radius 1 is 1.33 bits per heavy atom. The zero-order valence-electron chi connectivity index (χ0n) is 18.5. The molecule has 1 spiro atoms. The SMILES string of the molecule is C=CCN(C(=O)C1N([C@@H](CO)C(C)C)C(=O)[C@@H]2[C@H](C(=O)O)[C@]3(C)CCC12O3)C(C)C. The van der Waals surface area contributed by atoms with Crippen LogP contribution in [0.5, 0.6) is 0 Å². The van der Waals surface area contributed by atoms with E-state index in [1.54, 1.807) is 17.9 Å². The number of hydrogen-bond acceptors (Lipinski definition) is 5. The van der Waals surface area contributed by atoms with Crippen molar-refractivity contribution in [1.29, 1.82) is 0 Å². The molecule has 2 amide bonds. The van der Waals surface area contributed by atoms with Gasteiger partial charge < -0.3 is 24.7 Å². The Labute approximate surface area is 177 Å². The largest absolute Gasteiger partial charge is 0.481 e. The lowest BCUT2D eigenvalue weighted by atomic mass is 9.66. The number of nitrogens with zero attached hydrogens (tertiary/aromatic N) is 2. The highest BCUT2D eigenvalue weighted by Crippen LogP contribution is 2.63. The molecule has 0 aromatic carbocycles. The molecule has 8 nitrogen and oxygen atoms in total. The van der Waals surface area contributed by atoms with Gasteiger partial charge in [-0.15, -0.1) is 6.58 Å². The quantitative estimate of drug-likeness (QED) is 0.571. The molecule has 0 saturated carbocycles. The Morgan fingerprint density at radius 3 is 2.43 bits per heavy atom. The number of carboxylic acid groups (broad SMARTS) is 1. The van der Waals surface area contributed by atoms with Crippen LogP contribution in [0, 0.1) is 17.8 Å². The van der Waals surface area contributed by atoms with Crippen molar-refractivity contribution in [2.75, 3.05) is 13.2 Å². The van der Waals surface area contributed by atoms with Crippen LogP contribution in [-0.2, 0) is 19.1 Å². The topological polar surface area (TPSA) is 107 Å². The van der Waals surface area contributed by atoms with Crippen LogP contribution in [0.15, 0.2) is 12.7 Å². The summed E-state index contributed by atoms with van der Waals surface area (Å²) in [6.07, 6.45) is 2.54. The minimum atomic E-state index is -1.19. The summed E-state index contributed by atoms with van der Waals surface area (Å²) in [5.41, 5.74) is -2.17. The lowest BCUT2D eigenvalue weighted by Crippen LogP contribution is -2.60. The number of carboxylic acids is 1. The third-order valence-corrected chi connectivity index (χ3v) is 7.26. The lowest BCUT2D eigenvalue weighted by molar-refractivity contribution is -0.160. The number of carbonyl (C=O) groups is 3. The molecule has 0 aromatic rings. The number of aliphatic carboxylic acids is 1. The van der Waals surface area contributed by atoms with Crippen molar-refractivity contribution in [1.82, 2.24) is 9.80 Å². The summed E-state index contributed by atoms with van der Waals surface area (Å²) in [4.78, 5) is 42.8. The van der Waals surface area contributed by atoms with E-state index in [2.05, 4.69) is 6.58 Å². The molecule has 3 aliphatic heterocycles. The molecule has 168 valence electrons. The van der Waals surface area contributed by atoms with E-state index in [0.717, 1.165) is 0 Å². The molecule has 0 aliphatic carbocycles. The van der Waals surface area contributed by atoms with Gasteiger partial charge in [-0.05, 0) is 39.5 Å². The second-order valence-corrected chi connectivity index (χ2v) is 9.68. The summed E-state index contributed by atoms with van der Waals surface area (Å²) >= 11 is 0. The van der Waals surface area contributed by atoms with Crippen molar-refractivity contribution in [2.24, 2.45) is 17.8 Å². The Balaban J connectivity index is 2.17. The van der Waals surface area contributed by atoms with Crippen LogP contribution < -0.4 is 0 Å². The van der Waals surface area contributed by atoms with Crippen LogP contribution in [0.2, 0.25) is 0 Å². The second kappa shape index (κ2) is 7.64. The highest BCUT2D eigenvalue weighted by molar-refractivity contribution is 5.98. The monoisotopic (exact) mass is 422 g/mol. The van der Waals surface area contributed by atoms with E-state index in [0.29, 0.717) is 19.4 Å². The average Bonchev–Trinajstić information content (AvgIpc) is 3.21. The van der Waals surface area contributed by atoms with Gasteiger partial charge >= 0.3 is 5.97 Å². The molecule has 2 bridgehead atoms. The van der Waals surface area contributed by atoms with Crippen LogP contribution in [0.4, 0.5) is 0 Å². The van der Waals surface area contributed by atoms with Gasteiger partial charge in [0.25, 0.3) is 0 Å². The highest BCUT2D eigenvalue weighted by atomic mass is 16.5. The van der Waals surface area contributed by atoms with Gasteiger partial charge in [0.05, 0.1) is 30.1 Å². The molecule has 3 rings (SSSR count). The fourth-order valence-corrected chi connectivity index (χ4v) is 5.85. The smallest absolute Gasteiger partial charge is 0.310 e. The number of aliphatic hydroxyl groups is 1. The van der Waals surface area contributed by atoms with Crippen molar-refractivity contribution in [2.45, 2.75) is 76.8 Å². The first-order chi connectivity index (χ1) is 14.0. The van der Waals surface area contributed by atoms with Crippen LogP contribution in [0.3, 0.4) is 0 Å². The van der Waals surface area contributed by atoms with Crippen LogP contribution in [-0.4, -0.2) is 80.3 Å². The summed E-state index contributed by atoms with van der Waals surface area (Å²) in [6, 6.07) is -1.71. The van der Waals surface area contributed by atoms with E-state index in [1.165, 1.54) is 4.90 Å². The molecule has 2 unspecified atom stereocenters. The first kappa shape index (κ1) is 22.7. The van der Waals surface area contributed by atoms with Crippen molar-refractivity contribution in [3.8, 4) is 0 Å². The molecule has 3 saturated heterocycles. The Bertz CT molecular complexity index is 752. The molecule has 2 N–H and O–H groups in total. The Morgan fingerprint density at radius 2 is 1.97 bits per heavy atom. The van der Waals surface area contributed by atoms with Gasteiger partial charge in [-0.1, -0.05) is 19.9 Å². The first-order valence-corrected chi connectivity index (χ1v) is 10.7. The maximum atomic E-state index is 13.9. The van der Waals surface area contributed by atoms with Crippen LogP contribution in [0.25, 0.3) is 0 Å². The number of ether oxygens (including phenoxy) is 1. The van der Waals surface area contributed by atoms with Gasteiger partial charge in [0.15, 0.2) is 0 Å². The van der Waals surface area contributed by atoms with Crippen molar-refractivity contribution < 1.29 is 29.3 Å². The highest BCUT2D eigenvalue weighted by Gasteiger charge is 2.79. The van der Waals surface area contributed by atoms with E-state index in [9.17, 15) is 24.6 Å². The molecule has 0 radical (unpaired) electrons. The van der Waals surface area contributed by atoms with Gasteiger partial charge in [0.2, 0.25) is 11.8 Å². The van der Waals surface area contributed by atoms with E-state index < -0.39 is 47.0 Å². The zero-order chi connectivity index (χ0) is 22.6. The fraction of sp³-hybridized carbons (Fsp3) is 0.773.